The van der Waals surface area contributed by atoms with Crippen molar-refractivity contribution in [3.05, 3.63) is 22.2 Å². The van der Waals surface area contributed by atoms with Crippen molar-refractivity contribution in [2.75, 3.05) is 29.9 Å². The molecule has 0 spiro atoms. The first-order valence-corrected chi connectivity index (χ1v) is 6.94. The minimum Gasteiger partial charge on any atom is -0.391 e. The lowest BCUT2D eigenvalue weighted by molar-refractivity contribution is -0.384. The highest BCUT2D eigenvalue weighted by Crippen LogP contribution is 2.29. The number of nitro groups is 1. The molecule has 1 atom stereocenters. The Morgan fingerprint density at radius 1 is 1.60 bits per heavy atom. The number of rotatable bonds is 5. The molecule has 1 aromatic heterocycles. The van der Waals surface area contributed by atoms with Gasteiger partial charge in [-0.2, -0.15) is 0 Å². The lowest BCUT2D eigenvalue weighted by atomic mass is 10.1. The first-order valence-electron chi connectivity index (χ1n) is 6.94. The van der Waals surface area contributed by atoms with Gasteiger partial charge in [0.1, 0.15) is 5.82 Å². The first-order chi connectivity index (χ1) is 9.61. The average molecular weight is 280 g/mol. The fourth-order valence-electron chi connectivity index (χ4n) is 2.31. The molecule has 0 aliphatic carbocycles. The zero-order chi connectivity index (χ0) is 14.5. The number of piperidine rings is 1. The van der Waals surface area contributed by atoms with E-state index in [4.69, 9.17) is 0 Å². The van der Waals surface area contributed by atoms with E-state index in [0.29, 0.717) is 24.7 Å². The lowest BCUT2D eigenvalue weighted by Crippen LogP contribution is -2.39. The SMILES string of the molecule is CCCNc1ccc([N+](=O)[O-])c(N2CCCC(O)C2)n1. The number of aromatic nitrogens is 1. The number of anilines is 2. The minimum atomic E-state index is -0.447. The van der Waals surface area contributed by atoms with Crippen LogP contribution in [0.5, 0.6) is 0 Å². The van der Waals surface area contributed by atoms with Crippen molar-refractivity contribution in [2.45, 2.75) is 32.3 Å². The average Bonchev–Trinajstić information content (AvgIpc) is 2.44. The zero-order valence-corrected chi connectivity index (χ0v) is 11.6. The van der Waals surface area contributed by atoms with Crippen molar-refractivity contribution < 1.29 is 10.0 Å². The molecule has 0 radical (unpaired) electrons. The summed E-state index contributed by atoms with van der Waals surface area (Å²) in [6, 6.07) is 3.10. The number of aliphatic hydroxyl groups excluding tert-OH is 1. The maximum atomic E-state index is 11.1. The Morgan fingerprint density at radius 2 is 2.40 bits per heavy atom. The van der Waals surface area contributed by atoms with Gasteiger partial charge in [-0.3, -0.25) is 10.1 Å². The smallest absolute Gasteiger partial charge is 0.311 e. The molecule has 1 saturated heterocycles. The van der Waals surface area contributed by atoms with E-state index in [-0.39, 0.29) is 5.69 Å². The topological polar surface area (TPSA) is 91.5 Å². The Balaban J connectivity index is 2.28. The number of hydrogen-bond donors (Lipinski definition) is 2. The summed E-state index contributed by atoms with van der Waals surface area (Å²) in [6.45, 7) is 3.89. The molecule has 0 aromatic carbocycles. The maximum absolute atomic E-state index is 11.1. The van der Waals surface area contributed by atoms with Gasteiger partial charge in [-0.25, -0.2) is 4.98 Å². The predicted molar refractivity (Wildman–Crippen MR) is 77.1 cm³/mol. The highest BCUT2D eigenvalue weighted by Gasteiger charge is 2.26. The number of pyridine rings is 1. The molecule has 0 bridgehead atoms. The number of hydrogen-bond acceptors (Lipinski definition) is 6. The Kier molecular flexibility index (Phi) is 4.73. The summed E-state index contributed by atoms with van der Waals surface area (Å²) in [5.41, 5.74) is -0.0128. The van der Waals surface area contributed by atoms with E-state index in [1.807, 2.05) is 6.92 Å². The summed E-state index contributed by atoms with van der Waals surface area (Å²) < 4.78 is 0. The lowest BCUT2D eigenvalue weighted by Gasteiger charge is -2.30. The number of nitrogens with zero attached hydrogens (tertiary/aromatic N) is 3. The second kappa shape index (κ2) is 6.51. The van der Waals surface area contributed by atoms with Crippen molar-refractivity contribution >= 4 is 17.3 Å². The quantitative estimate of drug-likeness (QED) is 0.631. The van der Waals surface area contributed by atoms with E-state index in [1.54, 1.807) is 11.0 Å². The molecule has 1 aliphatic rings. The highest BCUT2D eigenvalue weighted by molar-refractivity contribution is 5.62. The summed E-state index contributed by atoms with van der Waals surface area (Å²) in [5.74, 6) is 0.974. The molecular weight excluding hydrogens is 260 g/mol. The Labute approximate surface area is 117 Å². The van der Waals surface area contributed by atoms with Crippen LogP contribution in [-0.2, 0) is 0 Å². The highest BCUT2D eigenvalue weighted by atomic mass is 16.6. The van der Waals surface area contributed by atoms with Crippen LogP contribution in [0.3, 0.4) is 0 Å². The van der Waals surface area contributed by atoms with Crippen molar-refractivity contribution in [3.8, 4) is 0 Å². The largest absolute Gasteiger partial charge is 0.391 e. The summed E-state index contributed by atoms with van der Waals surface area (Å²) >= 11 is 0. The molecule has 7 heteroatoms. The van der Waals surface area contributed by atoms with Gasteiger partial charge in [0.15, 0.2) is 0 Å². The van der Waals surface area contributed by atoms with Crippen LogP contribution in [0.25, 0.3) is 0 Å². The summed E-state index contributed by atoms with van der Waals surface area (Å²) in [4.78, 5) is 16.9. The van der Waals surface area contributed by atoms with E-state index in [2.05, 4.69) is 10.3 Å². The minimum absolute atomic E-state index is 0.0128. The van der Waals surface area contributed by atoms with E-state index in [9.17, 15) is 15.2 Å². The van der Waals surface area contributed by atoms with Gasteiger partial charge < -0.3 is 15.3 Å². The summed E-state index contributed by atoms with van der Waals surface area (Å²) in [5, 5.41) is 24.0. The second-order valence-corrected chi connectivity index (χ2v) is 4.97. The fraction of sp³-hybridized carbons (Fsp3) is 0.615. The van der Waals surface area contributed by atoms with Crippen molar-refractivity contribution in [2.24, 2.45) is 0 Å². The van der Waals surface area contributed by atoms with E-state index < -0.39 is 11.0 Å². The third kappa shape index (κ3) is 3.36. The van der Waals surface area contributed by atoms with Crippen molar-refractivity contribution in [1.29, 1.82) is 0 Å². The van der Waals surface area contributed by atoms with Gasteiger partial charge in [-0.15, -0.1) is 0 Å². The summed E-state index contributed by atoms with van der Waals surface area (Å²) in [7, 11) is 0. The molecule has 20 heavy (non-hydrogen) atoms. The molecule has 2 rings (SSSR count). The Bertz CT molecular complexity index is 481. The number of β-amino-alcohol motifs (C(OH)–C–C–N with tert-alkyl or cyclic N) is 1. The van der Waals surface area contributed by atoms with Crippen LogP contribution >= 0.6 is 0 Å². The Morgan fingerprint density at radius 3 is 3.05 bits per heavy atom. The molecule has 0 saturated carbocycles. The van der Waals surface area contributed by atoms with Crippen LogP contribution in [0.1, 0.15) is 26.2 Å². The standard InChI is InChI=1S/C13H20N4O3/c1-2-7-14-12-6-5-11(17(19)20)13(15-12)16-8-3-4-10(18)9-16/h5-6,10,18H,2-4,7-9H2,1H3,(H,14,15). The third-order valence-corrected chi connectivity index (χ3v) is 3.30. The van der Waals surface area contributed by atoms with Crippen molar-refractivity contribution in [3.63, 3.8) is 0 Å². The van der Waals surface area contributed by atoms with Gasteiger partial charge in [-0.1, -0.05) is 6.92 Å². The van der Waals surface area contributed by atoms with Crippen LogP contribution in [-0.4, -0.2) is 40.8 Å². The molecule has 1 fully saturated rings. The van der Waals surface area contributed by atoms with Gasteiger partial charge in [0.2, 0.25) is 5.82 Å². The van der Waals surface area contributed by atoms with Crippen LogP contribution < -0.4 is 10.2 Å². The maximum Gasteiger partial charge on any atom is 0.311 e. The van der Waals surface area contributed by atoms with Crippen LogP contribution in [0.4, 0.5) is 17.3 Å². The van der Waals surface area contributed by atoms with Crippen molar-refractivity contribution in [1.82, 2.24) is 4.98 Å². The molecule has 1 unspecified atom stereocenters. The molecule has 2 heterocycles. The fourth-order valence-corrected chi connectivity index (χ4v) is 2.31. The van der Waals surface area contributed by atoms with E-state index in [1.165, 1.54) is 6.07 Å². The monoisotopic (exact) mass is 280 g/mol. The molecule has 7 nitrogen and oxygen atoms in total. The van der Waals surface area contributed by atoms with Gasteiger partial charge in [0.05, 0.1) is 11.0 Å². The van der Waals surface area contributed by atoms with Crippen LogP contribution in [0.2, 0.25) is 0 Å². The molecule has 0 amide bonds. The molecule has 1 aliphatic heterocycles. The number of nitrogens with one attached hydrogen (secondary N) is 1. The molecule has 2 N–H and O–H groups in total. The Hall–Kier alpha value is -1.89. The summed E-state index contributed by atoms with van der Waals surface area (Å²) in [6.07, 6.45) is 2.05. The van der Waals surface area contributed by atoms with Gasteiger partial charge in [0.25, 0.3) is 0 Å². The predicted octanol–water partition coefficient (Wildman–Crippen LogP) is 1.77. The number of aliphatic hydroxyl groups is 1. The van der Waals surface area contributed by atoms with E-state index >= 15 is 0 Å². The van der Waals surface area contributed by atoms with Gasteiger partial charge in [-0.05, 0) is 25.3 Å². The third-order valence-electron chi connectivity index (χ3n) is 3.30. The van der Waals surface area contributed by atoms with Gasteiger partial charge >= 0.3 is 5.69 Å². The van der Waals surface area contributed by atoms with E-state index in [0.717, 1.165) is 25.8 Å². The normalized spacial score (nSPS) is 18.9. The zero-order valence-electron chi connectivity index (χ0n) is 11.6. The second-order valence-electron chi connectivity index (χ2n) is 4.97. The van der Waals surface area contributed by atoms with Crippen LogP contribution in [0.15, 0.2) is 12.1 Å². The first kappa shape index (κ1) is 14.5. The molecule has 1 aromatic rings. The van der Waals surface area contributed by atoms with Gasteiger partial charge in [0, 0.05) is 25.7 Å². The molecule has 110 valence electrons. The molecular formula is C13H20N4O3. The van der Waals surface area contributed by atoms with Crippen LogP contribution in [0, 0.1) is 10.1 Å².